The van der Waals surface area contributed by atoms with E-state index in [1.165, 1.54) is 7.11 Å². The Morgan fingerprint density at radius 2 is 2.21 bits per heavy atom. The number of nitrogens with zero attached hydrogens (tertiary/aromatic N) is 1. The zero-order valence-corrected chi connectivity index (χ0v) is 13.4. The van der Waals surface area contributed by atoms with Crippen LogP contribution in [-0.4, -0.2) is 43.7 Å². The largest absolute Gasteiger partial charge is 0.492 e. The highest BCUT2D eigenvalue weighted by Crippen LogP contribution is 2.34. The number of carbonyl (C=O) groups is 1. The molecule has 1 aliphatic heterocycles. The van der Waals surface area contributed by atoms with Crippen LogP contribution in [0.25, 0.3) is 10.9 Å². The summed E-state index contributed by atoms with van der Waals surface area (Å²) in [5.41, 5.74) is 0.317. The molecule has 0 spiro atoms. The number of ether oxygens (including phenoxy) is 1. The Labute approximate surface area is 137 Å². The lowest BCUT2D eigenvalue weighted by Gasteiger charge is -2.34. The van der Waals surface area contributed by atoms with E-state index in [4.69, 9.17) is 4.74 Å². The molecule has 1 aliphatic rings. The Morgan fingerprint density at radius 1 is 1.42 bits per heavy atom. The third kappa shape index (κ3) is 2.69. The fourth-order valence-electron chi connectivity index (χ4n) is 3.06. The van der Waals surface area contributed by atoms with Gasteiger partial charge >= 0.3 is 5.97 Å². The molecule has 0 radical (unpaired) electrons. The second-order valence-electron chi connectivity index (χ2n) is 5.74. The van der Waals surface area contributed by atoms with E-state index in [2.05, 4.69) is 27.1 Å². The Hall–Kier alpha value is -2.61. The molecule has 1 unspecified atom stereocenters. The number of hydrogen-bond acceptors (Lipinski definition) is 6. The van der Waals surface area contributed by atoms with Crippen molar-refractivity contribution in [3.63, 3.8) is 0 Å². The van der Waals surface area contributed by atoms with Gasteiger partial charge in [0, 0.05) is 36.4 Å². The number of carbonyl (C=O) groups excluding carboxylic acids is 1. The predicted octanol–water partition coefficient (Wildman–Crippen LogP) is 1.38. The van der Waals surface area contributed by atoms with Gasteiger partial charge in [0.1, 0.15) is 5.56 Å². The second kappa shape index (κ2) is 6.48. The summed E-state index contributed by atoms with van der Waals surface area (Å²) in [4.78, 5) is 31.9. The molecule has 2 N–H and O–H groups in total. The summed E-state index contributed by atoms with van der Waals surface area (Å²) < 4.78 is 17.6. The number of halogens is 1. The minimum Gasteiger partial charge on any atom is -0.492 e. The maximum Gasteiger partial charge on any atom is 0.384 e. The van der Waals surface area contributed by atoms with Gasteiger partial charge in [-0.2, -0.15) is 0 Å². The monoisotopic (exact) mass is 335 g/mol. The Morgan fingerprint density at radius 3 is 2.88 bits per heavy atom. The van der Waals surface area contributed by atoms with Crippen LogP contribution in [0.5, 0.6) is 5.75 Å². The van der Waals surface area contributed by atoms with Crippen molar-refractivity contribution < 1.29 is 19.0 Å². The lowest BCUT2D eigenvalue weighted by Crippen LogP contribution is -2.49. The molecule has 3 rings (SSSR count). The maximum absolute atomic E-state index is 12.4. The first kappa shape index (κ1) is 16.3. The van der Waals surface area contributed by atoms with E-state index in [0.717, 1.165) is 31.5 Å². The van der Waals surface area contributed by atoms with Gasteiger partial charge in [0.05, 0.1) is 23.7 Å². The molecule has 1 aromatic carbocycles. The molecule has 8 heteroatoms. The number of hydrogen-bond donors (Lipinski definition) is 2. The molecule has 128 valence electrons. The first-order valence-corrected chi connectivity index (χ1v) is 7.60. The Balaban J connectivity index is 2.14. The molecule has 2 aromatic rings. The summed E-state index contributed by atoms with van der Waals surface area (Å²) in [6.07, 6.45) is 1.14. The molecule has 0 bridgehead atoms. The van der Waals surface area contributed by atoms with E-state index in [0.29, 0.717) is 17.3 Å². The lowest BCUT2D eigenvalue weighted by atomic mass is 10.1. The van der Waals surface area contributed by atoms with Crippen molar-refractivity contribution >= 4 is 22.6 Å². The Kier molecular flexibility index (Phi) is 4.39. The number of anilines is 1. The summed E-state index contributed by atoms with van der Waals surface area (Å²) in [6, 6.07) is 3.71. The highest BCUT2D eigenvalue weighted by atomic mass is 19.3. The minimum atomic E-state index is -1.32. The smallest absolute Gasteiger partial charge is 0.384 e. The molecule has 0 saturated carbocycles. The molecule has 1 atom stereocenters. The molecular weight excluding hydrogens is 317 g/mol. The summed E-state index contributed by atoms with van der Waals surface area (Å²) in [5.74, 6) is -0.809. The van der Waals surface area contributed by atoms with Gasteiger partial charge < -0.3 is 19.9 Å². The number of aromatic nitrogens is 1. The molecule has 0 amide bonds. The highest BCUT2D eigenvalue weighted by Gasteiger charge is 2.23. The normalized spacial score (nSPS) is 17.8. The van der Waals surface area contributed by atoms with Gasteiger partial charge in [0.15, 0.2) is 5.75 Å². The van der Waals surface area contributed by atoms with E-state index < -0.39 is 17.0 Å². The van der Waals surface area contributed by atoms with Crippen molar-refractivity contribution in [2.45, 2.75) is 13.0 Å². The van der Waals surface area contributed by atoms with Crippen molar-refractivity contribution in [2.75, 3.05) is 31.6 Å². The third-order valence-electron chi connectivity index (χ3n) is 4.19. The summed E-state index contributed by atoms with van der Waals surface area (Å²) >= 11 is 0. The molecule has 2 heterocycles. The number of rotatable bonds is 3. The molecule has 0 aliphatic carbocycles. The van der Waals surface area contributed by atoms with Gasteiger partial charge in [-0.1, -0.05) is 0 Å². The number of nitrogens with one attached hydrogen (secondary N) is 2. The van der Waals surface area contributed by atoms with Crippen LogP contribution in [0, 0.1) is 0 Å². The van der Waals surface area contributed by atoms with Gasteiger partial charge in [0.2, 0.25) is 5.43 Å². The lowest BCUT2D eigenvalue weighted by molar-refractivity contribution is -0.0789. The van der Waals surface area contributed by atoms with Crippen LogP contribution in [0.4, 0.5) is 10.2 Å². The van der Waals surface area contributed by atoms with Gasteiger partial charge in [0.25, 0.3) is 0 Å². The van der Waals surface area contributed by atoms with E-state index in [1.807, 2.05) is 0 Å². The number of benzene rings is 1. The summed E-state index contributed by atoms with van der Waals surface area (Å²) in [5, 5.41) is 3.60. The molecule has 1 saturated heterocycles. The number of aromatic amines is 1. The van der Waals surface area contributed by atoms with E-state index in [9.17, 15) is 14.1 Å². The average molecular weight is 335 g/mol. The molecule has 24 heavy (non-hydrogen) atoms. The van der Waals surface area contributed by atoms with Gasteiger partial charge in [-0.25, -0.2) is 9.74 Å². The first-order valence-electron chi connectivity index (χ1n) is 7.60. The van der Waals surface area contributed by atoms with Crippen molar-refractivity contribution in [2.24, 2.45) is 0 Å². The summed E-state index contributed by atoms with van der Waals surface area (Å²) in [7, 11) is 1.52. The van der Waals surface area contributed by atoms with Gasteiger partial charge in [-0.05, 0) is 19.1 Å². The number of pyridine rings is 1. The van der Waals surface area contributed by atoms with E-state index in [-0.39, 0.29) is 5.39 Å². The second-order valence-corrected chi connectivity index (χ2v) is 5.74. The van der Waals surface area contributed by atoms with E-state index in [1.54, 1.807) is 12.1 Å². The first-order chi connectivity index (χ1) is 11.6. The van der Waals surface area contributed by atoms with Crippen molar-refractivity contribution in [3.8, 4) is 5.75 Å². The Bertz CT molecular complexity index is 836. The summed E-state index contributed by atoms with van der Waals surface area (Å²) in [6.45, 7) is 4.55. The highest BCUT2D eigenvalue weighted by molar-refractivity contribution is 5.96. The topological polar surface area (TPSA) is 83.7 Å². The van der Waals surface area contributed by atoms with Crippen LogP contribution in [0.1, 0.15) is 17.3 Å². The van der Waals surface area contributed by atoms with Crippen LogP contribution in [0.15, 0.2) is 23.1 Å². The molecule has 7 nitrogen and oxygen atoms in total. The van der Waals surface area contributed by atoms with Crippen molar-refractivity contribution in [1.29, 1.82) is 0 Å². The van der Waals surface area contributed by atoms with Crippen LogP contribution in [0.2, 0.25) is 0 Å². The average Bonchev–Trinajstić information content (AvgIpc) is 2.60. The number of piperazine rings is 1. The van der Waals surface area contributed by atoms with Crippen LogP contribution in [0.3, 0.4) is 0 Å². The van der Waals surface area contributed by atoms with Gasteiger partial charge in [-0.3, -0.25) is 4.79 Å². The number of H-pyrrole nitrogens is 1. The van der Waals surface area contributed by atoms with Crippen LogP contribution >= 0.6 is 0 Å². The SMILES string of the molecule is COc1c(N2CCNC(C)C2)ccc2c(=O)c(C(=O)OF)c[nH]c12. The fourth-order valence-corrected chi connectivity index (χ4v) is 3.06. The van der Waals surface area contributed by atoms with Crippen molar-refractivity contribution in [3.05, 3.63) is 34.1 Å². The molecular formula is C16H18FN3O4. The number of fused-ring (bicyclic) bond motifs is 1. The van der Waals surface area contributed by atoms with Gasteiger partial charge in [-0.15, -0.1) is 0 Å². The maximum atomic E-state index is 12.4. The van der Waals surface area contributed by atoms with Crippen molar-refractivity contribution in [1.82, 2.24) is 10.3 Å². The molecule has 1 fully saturated rings. The third-order valence-corrected chi connectivity index (χ3v) is 4.19. The van der Waals surface area contributed by atoms with Crippen LogP contribution in [-0.2, 0) is 4.94 Å². The molecule has 1 aromatic heterocycles. The minimum absolute atomic E-state index is 0.238. The van der Waals surface area contributed by atoms with E-state index >= 15 is 0 Å². The standard InChI is InChI=1S/C16H18FN3O4/c1-9-8-20(6-5-18-9)12-4-3-10-13(15(12)23-2)19-7-11(14(10)21)16(22)24-17/h3-4,7,9,18H,5-6,8H2,1-2H3,(H,19,21). The zero-order valence-electron chi connectivity index (χ0n) is 13.4. The quantitative estimate of drug-likeness (QED) is 0.882. The van der Waals surface area contributed by atoms with Crippen LogP contribution < -0.4 is 20.4 Å². The number of methoxy groups -OCH3 is 1. The zero-order chi connectivity index (χ0) is 17.3. The predicted molar refractivity (Wildman–Crippen MR) is 87.3 cm³/mol. The fraction of sp³-hybridized carbons (Fsp3) is 0.375.